The summed E-state index contributed by atoms with van der Waals surface area (Å²) in [5, 5.41) is 7.00. The summed E-state index contributed by atoms with van der Waals surface area (Å²) in [4.78, 5) is 0. The Morgan fingerprint density at radius 3 is 1.80 bits per heavy atom. The first-order chi connectivity index (χ1) is 4.66. The predicted molar refractivity (Wildman–Crippen MR) is 48.7 cm³/mol. The summed E-state index contributed by atoms with van der Waals surface area (Å²) < 4.78 is 0. The summed E-state index contributed by atoms with van der Waals surface area (Å²) in [7, 11) is 0. The third-order valence-electron chi connectivity index (χ3n) is 0.766. The van der Waals surface area contributed by atoms with E-state index >= 15 is 0 Å². The first kappa shape index (κ1) is 11.9. The minimum atomic E-state index is 0.572. The minimum absolute atomic E-state index is 0.572. The molecule has 0 saturated carbocycles. The molecule has 0 bridgehead atoms. The van der Waals surface area contributed by atoms with Crippen molar-refractivity contribution in [3.63, 3.8) is 0 Å². The lowest BCUT2D eigenvalue weighted by atomic mass is 10.2. The molecular formula is C9H17N. The zero-order chi connectivity index (χ0) is 8.57. The van der Waals surface area contributed by atoms with Crippen molar-refractivity contribution >= 4 is 5.71 Å². The second-order valence-corrected chi connectivity index (χ2v) is 1.78. The summed E-state index contributed by atoms with van der Waals surface area (Å²) in [6, 6.07) is 0. The Kier molecular flexibility index (Phi) is 9.69. The van der Waals surface area contributed by atoms with E-state index in [0.717, 1.165) is 5.57 Å². The van der Waals surface area contributed by atoms with Crippen LogP contribution in [0.15, 0.2) is 24.3 Å². The van der Waals surface area contributed by atoms with Crippen molar-refractivity contribution in [2.24, 2.45) is 0 Å². The number of hydrogen-bond acceptors (Lipinski definition) is 1. The topological polar surface area (TPSA) is 23.9 Å². The second kappa shape index (κ2) is 8.15. The maximum atomic E-state index is 7.00. The molecule has 0 fully saturated rings. The van der Waals surface area contributed by atoms with Gasteiger partial charge in [-0.3, -0.25) is 0 Å². The van der Waals surface area contributed by atoms with Crippen molar-refractivity contribution < 1.29 is 0 Å². The lowest BCUT2D eigenvalue weighted by molar-refractivity contribution is 1.46. The molecule has 0 unspecified atom stereocenters. The van der Waals surface area contributed by atoms with Gasteiger partial charge in [0.15, 0.2) is 0 Å². The van der Waals surface area contributed by atoms with E-state index in [4.69, 9.17) is 5.41 Å². The molecule has 0 aliphatic heterocycles. The van der Waals surface area contributed by atoms with Gasteiger partial charge in [-0.25, -0.2) is 0 Å². The van der Waals surface area contributed by atoms with E-state index in [-0.39, 0.29) is 0 Å². The normalized spacial score (nSPS) is 9.40. The summed E-state index contributed by atoms with van der Waals surface area (Å²) in [5.41, 5.74) is 1.61. The van der Waals surface area contributed by atoms with Crippen molar-refractivity contribution in [3.05, 3.63) is 24.3 Å². The highest BCUT2D eigenvalue weighted by Crippen LogP contribution is 1.91. The zero-order valence-corrected chi connectivity index (χ0v) is 7.36. The van der Waals surface area contributed by atoms with E-state index in [1.54, 1.807) is 19.1 Å². The van der Waals surface area contributed by atoms with Gasteiger partial charge in [0.05, 0.1) is 0 Å². The third kappa shape index (κ3) is 10.2. The largest absolute Gasteiger partial charge is 0.306 e. The van der Waals surface area contributed by atoms with Gasteiger partial charge in [-0.05, 0) is 25.5 Å². The van der Waals surface area contributed by atoms with Crippen LogP contribution >= 0.6 is 0 Å². The van der Waals surface area contributed by atoms with E-state index in [0.29, 0.717) is 5.71 Å². The Bertz CT molecular complexity index is 132. The monoisotopic (exact) mass is 139 g/mol. The molecule has 10 heavy (non-hydrogen) atoms. The van der Waals surface area contributed by atoms with Crippen LogP contribution in [0.3, 0.4) is 0 Å². The maximum Gasteiger partial charge on any atom is 0.0285 e. The summed E-state index contributed by atoms with van der Waals surface area (Å²) >= 11 is 0. The molecule has 0 spiro atoms. The van der Waals surface area contributed by atoms with Crippen LogP contribution < -0.4 is 0 Å². The standard InChI is InChI=1S/C7H11N.C2H6/c1-4-6(2)5-7(3)8;1-2/h4-5,8H,1H2,2-3H3;1-2H3/b6-5-,8-7?;. The number of hydrogen-bond donors (Lipinski definition) is 1. The molecule has 0 atom stereocenters. The Morgan fingerprint density at radius 1 is 1.30 bits per heavy atom. The lowest BCUT2D eigenvalue weighted by Gasteiger charge is -1.86. The maximum absolute atomic E-state index is 7.00. The van der Waals surface area contributed by atoms with Gasteiger partial charge in [0.2, 0.25) is 0 Å². The van der Waals surface area contributed by atoms with Gasteiger partial charge in [0.1, 0.15) is 0 Å². The SMILES string of the molecule is C=C/C(C)=C\C(C)=N.CC. The first-order valence-electron chi connectivity index (χ1n) is 3.52. The molecule has 0 saturated heterocycles. The van der Waals surface area contributed by atoms with Crippen LogP contribution in [0.2, 0.25) is 0 Å². The molecule has 0 rings (SSSR count). The van der Waals surface area contributed by atoms with Crippen LogP contribution in [0, 0.1) is 5.41 Å². The fraction of sp³-hybridized carbons (Fsp3) is 0.444. The molecule has 0 amide bonds. The quantitative estimate of drug-likeness (QED) is 0.449. The van der Waals surface area contributed by atoms with Gasteiger partial charge in [-0.2, -0.15) is 0 Å². The van der Waals surface area contributed by atoms with Crippen molar-refractivity contribution in [2.45, 2.75) is 27.7 Å². The number of allylic oxidation sites excluding steroid dienone is 3. The van der Waals surface area contributed by atoms with E-state index in [1.807, 2.05) is 20.8 Å². The highest BCUT2D eigenvalue weighted by molar-refractivity contribution is 5.90. The van der Waals surface area contributed by atoms with E-state index in [9.17, 15) is 0 Å². The van der Waals surface area contributed by atoms with Crippen molar-refractivity contribution in [1.82, 2.24) is 0 Å². The average Bonchev–Trinajstić information content (AvgIpc) is 1.91. The van der Waals surface area contributed by atoms with Gasteiger partial charge < -0.3 is 5.41 Å². The van der Waals surface area contributed by atoms with Crippen LogP contribution in [-0.2, 0) is 0 Å². The highest BCUT2D eigenvalue weighted by Gasteiger charge is 1.78. The molecular weight excluding hydrogens is 122 g/mol. The molecule has 0 aromatic carbocycles. The van der Waals surface area contributed by atoms with E-state index in [1.165, 1.54) is 0 Å². The van der Waals surface area contributed by atoms with E-state index in [2.05, 4.69) is 6.58 Å². The zero-order valence-electron chi connectivity index (χ0n) is 7.36. The molecule has 58 valence electrons. The molecule has 1 nitrogen and oxygen atoms in total. The Morgan fingerprint density at radius 2 is 1.70 bits per heavy atom. The average molecular weight is 139 g/mol. The van der Waals surface area contributed by atoms with Gasteiger partial charge in [0.25, 0.3) is 0 Å². The summed E-state index contributed by atoms with van der Waals surface area (Å²) in [6.07, 6.45) is 3.50. The van der Waals surface area contributed by atoms with Crippen LogP contribution in [0.4, 0.5) is 0 Å². The molecule has 0 aliphatic rings. The summed E-state index contributed by atoms with van der Waals surface area (Å²) in [6.45, 7) is 11.2. The Balaban J connectivity index is 0. The van der Waals surface area contributed by atoms with Gasteiger partial charge >= 0.3 is 0 Å². The van der Waals surface area contributed by atoms with Crippen LogP contribution in [0.25, 0.3) is 0 Å². The fourth-order valence-electron chi connectivity index (χ4n) is 0.400. The predicted octanol–water partition coefficient (Wildman–Crippen LogP) is 3.18. The molecule has 0 radical (unpaired) electrons. The first-order valence-corrected chi connectivity index (χ1v) is 3.52. The fourth-order valence-corrected chi connectivity index (χ4v) is 0.400. The molecule has 0 heterocycles. The summed E-state index contributed by atoms with van der Waals surface area (Å²) in [5.74, 6) is 0. The Hall–Kier alpha value is -0.850. The lowest BCUT2D eigenvalue weighted by Crippen LogP contribution is -1.79. The van der Waals surface area contributed by atoms with Crippen molar-refractivity contribution in [3.8, 4) is 0 Å². The number of nitrogens with one attached hydrogen (secondary N) is 1. The Labute approximate surface area is 64.0 Å². The third-order valence-corrected chi connectivity index (χ3v) is 0.766. The molecule has 0 aromatic heterocycles. The second-order valence-electron chi connectivity index (χ2n) is 1.78. The highest BCUT2D eigenvalue weighted by atomic mass is 14.4. The van der Waals surface area contributed by atoms with Crippen LogP contribution in [-0.4, -0.2) is 5.71 Å². The van der Waals surface area contributed by atoms with Gasteiger partial charge in [-0.15, -0.1) is 0 Å². The van der Waals surface area contributed by atoms with Crippen LogP contribution in [0.5, 0.6) is 0 Å². The van der Waals surface area contributed by atoms with Gasteiger partial charge in [0, 0.05) is 5.71 Å². The number of rotatable bonds is 2. The van der Waals surface area contributed by atoms with Crippen LogP contribution in [0.1, 0.15) is 27.7 Å². The smallest absolute Gasteiger partial charge is 0.0285 e. The van der Waals surface area contributed by atoms with E-state index < -0.39 is 0 Å². The molecule has 0 aliphatic carbocycles. The minimum Gasteiger partial charge on any atom is -0.306 e. The van der Waals surface area contributed by atoms with Gasteiger partial charge in [-0.1, -0.05) is 26.5 Å². The van der Waals surface area contributed by atoms with Crippen molar-refractivity contribution in [2.75, 3.05) is 0 Å². The van der Waals surface area contributed by atoms with Crippen molar-refractivity contribution in [1.29, 1.82) is 5.41 Å². The molecule has 0 aromatic rings. The molecule has 1 N–H and O–H groups in total. The molecule has 1 heteroatoms.